The number of guanidine groups is 1. The summed E-state index contributed by atoms with van der Waals surface area (Å²) in [6, 6.07) is 17.8. The van der Waals surface area contributed by atoms with Gasteiger partial charge in [0.1, 0.15) is 0 Å². The van der Waals surface area contributed by atoms with Gasteiger partial charge in [0.15, 0.2) is 5.96 Å². The summed E-state index contributed by atoms with van der Waals surface area (Å²) in [4.78, 5) is 18.2. The lowest BCUT2D eigenvalue weighted by molar-refractivity contribution is -0.130. The Morgan fingerprint density at radius 1 is 1.04 bits per heavy atom. The molecule has 0 saturated carbocycles. The van der Waals surface area contributed by atoms with E-state index in [1.165, 1.54) is 0 Å². The van der Waals surface area contributed by atoms with Crippen molar-refractivity contribution >= 4 is 23.5 Å². The Morgan fingerprint density at radius 3 is 2.41 bits per heavy atom. The van der Waals surface area contributed by atoms with Gasteiger partial charge in [-0.1, -0.05) is 60.1 Å². The standard InChI is InChI=1S/C21H27ClN4O/c1-23-21(24-14-12-18-10-6-7-11-19(18)22)25-15-13-20(27)26(2)16-17-8-4-3-5-9-17/h3-11H,12-16H2,1-2H3,(H2,23,24,25). The Kier molecular flexibility index (Phi) is 8.65. The van der Waals surface area contributed by atoms with Crippen LogP contribution in [-0.4, -0.2) is 44.0 Å². The van der Waals surface area contributed by atoms with Gasteiger partial charge >= 0.3 is 0 Å². The fourth-order valence-corrected chi connectivity index (χ4v) is 2.89. The number of amides is 1. The Bertz CT molecular complexity index is 749. The molecule has 0 unspecified atom stereocenters. The summed E-state index contributed by atoms with van der Waals surface area (Å²) < 4.78 is 0. The fourth-order valence-electron chi connectivity index (χ4n) is 2.66. The van der Waals surface area contributed by atoms with Crippen molar-refractivity contribution in [2.75, 3.05) is 27.2 Å². The van der Waals surface area contributed by atoms with Crippen LogP contribution in [0.4, 0.5) is 0 Å². The maximum atomic E-state index is 12.3. The van der Waals surface area contributed by atoms with E-state index < -0.39 is 0 Å². The lowest BCUT2D eigenvalue weighted by atomic mass is 10.1. The number of benzene rings is 2. The second-order valence-electron chi connectivity index (χ2n) is 6.25. The summed E-state index contributed by atoms with van der Waals surface area (Å²) >= 11 is 6.16. The summed E-state index contributed by atoms with van der Waals surface area (Å²) in [5, 5.41) is 7.19. The Labute approximate surface area is 166 Å². The molecule has 5 nitrogen and oxygen atoms in total. The van der Waals surface area contributed by atoms with Gasteiger partial charge in [-0.15, -0.1) is 0 Å². The van der Waals surface area contributed by atoms with Gasteiger partial charge < -0.3 is 15.5 Å². The predicted octanol–water partition coefficient (Wildman–Crippen LogP) is 3.10. The van der Waals surface area contributed by atoms with Crippen LogP contribution in [0.2, 0.25) is 5.02 Å². The van der Waals surface area contributed by atoms with Gasteiger partial charge in [0.25, 0.3) is 0 Å². The van der Waals surface area contributed by atoms with Gasteiger partial charge in [0.2, 0.25) is 5.91 Å². The van der Waals surface area contributed by atoms with Crippen LogP contribution < -0.4 is 10.6 Å². The third kappa shape index (κ3) is 7.31. The van der Waals surface area contributed by atoms with E-state index >= 15 is 0 Å². The van der Waals surface area contributed by atoms with Crippen LogP contribution in [0.5, 0.6) is 0 Å². The zero-order chi connectivity index (χ0) is 19.5. The molecular formula is C21H27ClN4O. The van der Waals surface area contributed by atoms with E-state index in [9.17, 15) is 4.79 Å². The second-order valence-corrected chi connectivity index (χ2v) is 6.66. The number of nitrogens with zero attached hydrogens (tertiary/aromatic N) is 2. The summed E-state index contributed by atoms with van der Waals surface area (Å²) in [5.41, 5.74) is 2.22. The first kappa shape index (κ1) is 20.8. The molecule has 2 aromatic carbocycles. The van der Waals surface area contributed by atoms with Crippen molar-refractivity contribution in [1.29, 1.82) is 0 Å². The maximum absolute atomic E-state index is 12.3. The number of rotatable bonds is 8. The van der Waals surface area contributed by atoms with Crippen LogP contribution in [0.1, 0.15) is 17.5 Å². The molecule has 0 heterocycles. The van der Waals surface area contributed by atoms with Gasteiger partial charge in [0.05, 0.1) is 0 Å². The van der Waals surface area contributed by atoms with Crippen molar-refractivity contribution in [2.45, 2.75) is 19.4 Å². The molecule has 0 aliphatic carbocycles. The van der Waals surface area contributed by atoms with Crippen molar-refractivity contribution in [2.24, 2.45) is 4.99 Å². The molecule has 0 radical (unpaired) electrons. The molecule has 2 rings (SSSR count). The summed E-state index contributed by atoms with van der Waals surface area (Å²) in [7, 11) is 3.54. The lowest BCUT2D eigenvalue weighted by Gasteiger charge is -2.18. The van der Waals surface area contributed by atoms with Crippen LogP contribution in [0.3, 0.4) is 0 Å². The van der Waals surface area contributed by atoms with E-state index in [1.54, 1.807) is 11.9 Å². The van der Waals surface area contributed by atoms with E-state index in [-0.39, 0.29) is 5.91 Å². The van der Waals surface area contributed by atoms with Crippen LogP contribution in [0.15, 0.2) is 59.6 Å². The summed E-state index contributed by atoms with van der Waals surface area (Å²) in [6.45, 7) is 1.86. The highest BCUT2D eigenvalue weighted by molar-refractivity contribution is 6.31. The maximum Gasteiger partial charge on any atom is 0.224 e. The van der Waals surface area contributed by atoms with Crippen molar-refractivity contribution in [3.8, 4) is 0 Å². The minimum atomic E-state index is 0.0953. The summed E-state index contributed by atoms with van der Waals surface area (Å²) in [5.74, 6) is 0.776. The normalized spacial score (nSPS) is 11.1. The average Bonchev–Trinajstić information content (AvgIpc) is 2.68. The molecule has 27 heavy (non-hydrogen) atoms. The molecule has 0 aromatic heterocycles. The number of halogens is 1. The molecule has 0 aliphatic rings. The molecule has 0 spiro atoms. The lowest BCUT2D eigenvalue weighted by Crippen LogP contribution is -2.40. The quantitative estimate of drug-likeness (QED) is 0.541. The van der Waals surface area contributed by atoms with E-state index in [2.05, 4.69) is 15.6 Å². The number of hydrogen-bond donors (Lipinski definition) is 2. The van der Waals surface area contributed by atoms with E-state index in [1.807, 2.05) is 61.6 Å². The van der Waals surface area contributed by atoms with Gasteiger partial charge in [-0.25, -0.2) is 0 Å². The number of carbonyl (C=O) groups is 1. The van der Waals surface area contributed by atoms with Gasteiger partial charge in [-0.3, -0.25) is 9.79 Å². The van der Waals surface area contributed by atoms with E-state index in [0.29, 0.717) is 32.0 Å². The third-order valence-corrected chi connectivity index (χ3v) is 4.56. The molecule has 2 aromatic rings. The highest BCUT2D eigenvalue weighted by Crippen LogP contribution is 2.14. The van der Waals surface area contributed by atoms with Gasteiger partial charge in [0, 0.05) is 45.2 Å². The first-order valence-corrected chi connectivity index (χ1v) is 9.43. The molecule has 0 saturated heterocycles. The van der Waals surface area contributed by atoms with Gasteiger partial charge in [-0.2, -0.15) is 0 Å². The van der Waals surface area contributed by atoms with Crippen LogP contribution in [0.25, 0.3) is 0 Å². The van der Waals surface area contributed by atoms with E-state index in [4.69, 9.17) is 11.6 Å². The number of aliphatic imine (C=N–C) groups is 1. The SMILES string of the molecule is CN=C(NCCC(=O)N(C)Cc1ccccc1)NCCc1ccccc1Cl. The molecule has 0 fully saturated rings. The molecule has 0 bridgehead atoms. The second kappa shape index (κ2) is 11.2. The third-order valence-electron chi connectivity index (χ3n) is 4.19. The first-order chi connectivity index (χ1) is 13.1. The number of hydrogen-bond acceptors (Lipinski definition) is 2. The molecule has 2 N–H and O–H groups in total. The van der Waals surface area contributed by atoms with Crippen molar-refractivity contribution in [1.82, 2.24) is 15.5 Å². The first-order valence-electron chi connectivity index (χ1n) is 9.06. The van der Waals surface area contributed by atoms with Crippen LogP contribution >= 0.6 is 11.6 Å². The average molecular weight is 387 g/mol. The monoisotopic (exact) mass is 386 g/mol. The molecule has 0 atom stereocenters. The Morgan fingerprint density at radius 2 is 1.70 bits per heavy atom. The largest absolute Gasteiger partial charge is 0.356 e. The smallest absolute Gasteiger partial charge is 0.224 e. The molecule has 6 heteroatoms. The molecule has 1 amide bonds. The zero-order valence-corrected chi connectivity index (χ0v) is 16.7. The van der Waals surface area contributed by atoms with Gasteiger partial charge in [-0.05, 0) is 23.6 Å². The van der Waals surface area contributed by atoms with Crippen molar-refractivity contribution < 1.29 is 4.79 Å². The zero-order valence-electron chi connectivity index (χ0n) is 15.9. The highest BCUT2D eigenvalue weighted by Gasteiger charge is 2.09. The fraction of sp³-hybridized carbons (Fsp3) is 0.333. The predicted molar refractivity (Wildman–Crippen MR) is 112 cm³/mol. The minimum Gasteiger partial charge on any atom is -0.356 e. The Balaban J connectivity index is 1.68. The van der Waals surface area contributed by atoms with Crippen LogP contribution in [-0.2, 0) is 17.8 Å². The molecular weight excluding hydrogens is 360 g/mol. The summed E-state index contributed by atoms with van der Waals surface area (Å²) in [6.07, 6.45) is 1.22. The number of carbonyl (C=O) groups excluding carboxylic acids is 1. The topological polar surface area (TPSA) is 56.7 Å². The highest BCUT2D eigenvalue weighted by atomic mass is 35.5. The molecule has 144 valence electrons. The van der Waals surface area contributed by atoms with Crippen molar-refractivity contribution in [3.63, 3.8) is 0 Å². The minimum absolute atomic E-state index is 0.0953. The van der Waals surface area contributed by atoms with Crippen molar-refractivity contribution in [3.05, 3.63) is 70.7 Å². The van der Waals surface area contributed by atoms with E-state index in [0.717, 1.165) is 22.6 Å². The number of nitrogens with one attached hydrogen (secondary N) is 2. The Hall–Kier alpha value is -2.53. The molecule has 0 aliphatic heterocycles. The van der Waals surface area contributed by atoms with Crippen LogP contribution in [0, 0.1) is 0 Å².